The first-order chi connectivity index (χ1) is 9.43. The average molecular weight is 266 g/mol. The maximum absolute atomic E-state index is 9.48. The molecule has 0 aliphatic rings. The zero-order valence-electron chi connectivity index (χ0n) is 12.0. The molecule has 3 rings (SSSR count). The molecule has 2 aromatic carbocycles. The second-order valence-corrected chi connectivity index (χ2v) is 6.16. The van der Waals surface area contributed by atoms with Crippen molar-refractivity contribution in [3.63, 3.8) is 0 Å². The zero-order valence-corrected chi connectivity index (χ0v) is 12.0. The van der Waals surface area contributed by atoms with E-state index in [1.807, 2.05) is 12.1 Å². The Morgan fingerprint density at radius 1 is 0.900 bits per heavy atom. The van der Waals surface area contributed by atoms with Gasteiger partial charge in [0.25, 0.3) is 0 Å². The van der Waals surface area contributed by atoms with E-state index in [-0.39, 0.29) is 11.2 Å². The van der Waals surface area contributed by atoms with Crippen LogP contribution in [0, 0.1) is 0 Å². The van der Waals surface area contributed by atoms with E-state index in [0.29, 0.717) is 5.58 Å². The van der Waals surface area contributed by atoms with Gasteiger partial charge in [0.2, 0.25) is 0 Å². The van der Waals surface area contributed by atoms with Gasteiger partial charge in [-0.25, -0.2) is 0 Å². The van der Waals surface area contributed by atoms with Crippen molar-refractivity contribution < 1.29 is 9.52 Å². The summed E-state index contributed by atoms with van der Waals surface area (Å²) in [4.78, 5) is 0. The quantitative estimate of drug-likeness (QED) is 0.664. The maximum Gasteiger partial charge on any atom is 0.138 e. The molecule has 102 valence electrons. The van der Waals surface area contributed by atoms with Crippen molar-refractivity contribution in [2.45, 2.75) is 26.2 Å². The number of phenolic OH excluding ortho intramolecular Hbond substituents is 1. The number of benzene rings is 2. The summed E-state index contributed by atoms with van der Waals surface area (Å²) in [6.07, 6.45) is 0. The molecule has 2 heteroatoms. The molecule has 0 unspecified atom stereocenters. The van der Waals surface area contributed by atoms with Gasteiger partial charge in [0.15, 0.2) is 0 Å². The number of furan rings is 1. The lowest BCUT2D eigenvalue weighted by molar-refractivity contribution is 0.474. The number of hydrogen-bond donors (Lipinski definition) is 1. The fourth-order valence-corrected chi connectivity index (χ4v) is 2.30. The van der Waals surface area contributed by atoms with Gasteiger partial charge in [-0.1, -0.05) is 45.0 Å². The van der Waals surface area contributed by atoms with Crippen LogP contribution in [-0.2, 0) is 5.41 Å². The largest absolute Gasteiger partial charge is 0.508 e. The summed E-state index contributed by atoms with van der Waals surface area (Å²) >= 11 is 0. The van der Waals surface area contributed by atoms with Gasteiger partial charge in [0.05, 0.1) is 0 Å². The molecule has 3 aromatic rings. The Labute approximate surface area is 118 Å². The van der Waals surface area contributed by atoms with Crippen molar-refractivity contribution in [3.05, 3.63) is 54.1 Å². The Bertz CT molecular complexity index is 743. The van der Waals surface area contributed by atoms with Gasteiger partial charge in [0.1, 0.15) is 17.1 Å². The van der Waals surface area contributed by atoms with Crippen molar-refractivity contribution in [1.82, 2.24) is 0 Å². The van der Waals surface area contributed by atoms with Crippen molar-refractivity contribution in [3.8, 4) is 17.1 Å². The van der Waals surface area contributed by atoms with Gasteiger partial charge < -0.3 is 9.52 Å². The second kappa shape index (κ2) is 4.41. The maximum atomic E-state index is 9.48. The highest BCUT2D eigenvalue weighted by atomic mass is 16.3. The molecule has 0 bridgehead atoms. The second-order valence-electron chi connectivity index (χ2n) is 6.16. The predicted octanol–water partition coefficient (Wildman–Crippen LogP) is 5.10. The normalized spacial score (nSPS) is 11.9. The van der Waals surface area contributed by atoms with Crippen LogP contribution >= 0.6 is 0 Å². The smallest absolute Gasteiger partial charge is 0.138 e. The minimum atomic E-state index is 0.151. The molecule has 0 saturated carbocycles. The molecule has 1 heterocycles. The molecule has 0 aliphatic heterocycles. The fraction of sp³-hybridized carbons (Fsp3) is 0.222. The van der Waals surface area contributed by atoms with E-state index < -0.39 is 0 Å². The van der Waals surface area contributed by atoms with Gasteiger partial charge in [0, 0.05) is 17.0 Å². The zero-order chi connectivity index (χ0) is 14.3. The standard InChI is InChI=1S/C18H18O2/c1-18(2,3)14-7-4-12(5-8-14)16-10-13-6-9-15(19)11-17(13)20-16/h4-11,19H,1-3H3. The Hall–Kier alpha value is -2.22. The van der Waals surface area contributed by atoms with Crippen molar-refractivity contribution in [1.29, 1.82) is 0 Å². The summed E-state index contributed by atoms with van der Waals surface area (Å²) in [5.41, 5.74) is 3.21. The number of phenols is 1. The molecule has 0 radical (unpaired) electrons. The first-order valence-electron chi connectivity index (χ1n) is 6.77. The molecular weight excluding hydrogens is 248 g/mol. The van der Waals surface area contributed by atoms with Crippen molar-refractivity contribution >= 4 is 11.0 Å². The SMILES string of the molecule is CC(C)(C)c1ccc(-c2cc3ccc(O)cc3o2)cc1. The number of aromatic hydroxyl groups is 1. The lowest BCUT2D eigenvalue weighted by Gasteiger charge is -2.18. The molecule has 0 spiro atoms. The Morgan fingerprint density at radius 2 is 1.60 bits per heavy atom. The van der Waals surface area contributed by atoms with Gasteiger partial charge in [-0.05, 0) is 29.2 Å². The van der Waals surface area contributed by atoms with E-state index in [0.717, 1.165) is 16.7 Å². The van der Waals surface area contributed by atoms with Crippen LogP contribution in [0.1, 0.15) is 26.3 Å². The summed E-state index contributed by atoms with van der Waals surface area (Å²) in [7, 11) is 0. The van der Waals surface area contributed by atoms with Crippen molar-refractivity contribution in [2.24, 2.45) is 0 Å². The summed E-state index contributed by atoms with van der Waals surface area (Å²) in [6, 6.07) is 15.6. The molecule has 0 aliphatic carbocycles. The Balaban J connectivity index is 2.02. The molecule has 0 fully saturated rings. The number of fused-ring (bicyclic) bond motifs is 1. The van der Waals surface area contributed by atoms with E-state index in [9.17, 15) is 5.11 Å². The van der Waals surface area contributed by atoms with Crippen LogP contribution < -0.4 is 0 Å². The summed E-state index contributed by atoms with van der Waals surface area (Å²) in [6.45, 7) is 6.60. The van der Waals surface area contributed by atoms with Crippen LogP contribution in [0.2, 0.25) is 0 Å². The third-order valence-electron chi connectivity index (χ3n) is 3.54. The van der Waals surface area contributed by atoms with Gasteiger partial charge >= 0.3 is 0 Å². The van der Waals surface area contributed by atoms with E-state index in [2.05, 4.69) is 45.0 Å². The Kier molecular flexibility index (Phi) is 2.82. The highest BCUT2D eigenvalue weighted by Crippen LogP contribution is 2.31. The lowest BCUT2D eigenvalue weighted by atomic mass is 9.86. The molecule has 20 heavy (non-hydrogen) atoms. The Morgan fingerprint density at radius 3 is 2.25 bits per heavy atom. The highest BCUT2D eigenvalue weighted by molar-refractivity contribution is 5.83. The molecule has 0 atom stereocenters. The van der Waals surface area contributed by atoms with Crippen LogP contribution in [0.4, 0.5) is 0 Å². The van der Waals surface area contributed by atoms with Gasteiger partial charge in [-0.3, -0.25) is 0 Å². The number of hydrogen-bond acceptors (Lipinski definition) is 2. The predicted molar refractivity (Wildman–Crippen MR) is 82.0 cm³/mol. The van der Waals surface area contributed by atoms with Gasteiger partial charge in [-0.2, -0.15) is 0 Å². The molecule has 1 N–H and O–H groups in total. The minimum Gasteiger partial charge on any atom is -0.508 e. The van der Waals surface area contributed by atoms with E-state index in [1.165, 1.54) is 5.56 Å². The summed E-state index contributed by atoms with van der Waals surface area (Å²) in [5.74, 6) is 1.05. The minimum absolute atomic E-state index is 0.151. The third kappa shape index (κ3) is 2.29. The molecule has 0 saturated heterocycles. The first-order valence-corrected chi connectivity index (χ1v) is 6.77. The molecular formula is C18H18O2. The first kappa shape index (κ1) is 12.8. The highest BCUT2D eigenvalue weighted by Gasteiger charge is 2.14. The van der Waals surface area contributed by atoms with Crippen LogP contribution in [0.15, 0.2) is 52.9 Å². The summed E-state index contributed by atoms with van der Waals surface area (Å²) < 4.78 is 5.80. The van der Waals surface area contributed by atoms with Crippen LogP contribution in [0.3, 0.4) is 0 Å². The van der Waals surface area contributed by atoms with Crippen LogP contribution in [0.25, 0.3) is 22.3 Å². The molecule has 2 nitrogen and oxygen atoms in total. The van der Waals surface area contributed by atoms with Crippen LogP contribution in [-0.4, -0.2) is 5.11 Å². The average Bonchev–Trinajstić information content (AvgIpc) is 2.80. The number of rotatable bonds is 1. The monoisotopic (exact) mass is 266 g/mol. The molecule has 0 amide bonds. The lowest BCUT2D eigenvalue weighted by Crippen LogP contribution is -2.10. The summed E-state index contributed by atoms with van der Waals surface area (Å²) in [5, 5.41) is 10.5. The fourth-order valence-electron chi connectivity index (χ4n) is 2.30. The third-order valence-corrected chi connectivity index (χ3v) is 3.54. The molecule has 1 aromatic heterocycles. The topological polar surface area (TPSA) is 33.4 Å². The van der Waals surface area contributed by atoms with Crippen molar-refractivity contribution in [2.75, 3.05) is 0 Å². The van der Waals surface area contributed by atoms with Gasteiger partial charge in [-0.15, -0.1) is 0 Å². The van der Waals surface area contributed by atoms with Crippen LogP contribution in [0.5, 0.6) is 5.75 Å². The van der Waals surface area contributed by atoms with E-state index in [4.69, 9.17) is 4.42 Å². The van der Waals surface area contributed by atoms with E-state index >= 15 is 0 Å². The van der Waals surface area contributed by atoms with E-state index in [1.54, 1.807) is 12.1 Å².